The van der Waals surface area contributed by atoms with Crippen LogP contribution in [0, 0.1) is 10.8 Å². The second kappa shape index (κ2) is 11.1. The average Bonchev–Trinajstić information content (AvgIpc) is 2.85. The molecule has 2 aliphatic carbocycles. The van der Waals surface area contributed by atoms with Crippen molar-refractivity contribution >= 4 is 45.1 Å². The summed E-state index contributed by atoms with van der Waals surface area (Å²) in [6.45, 7) is 8.78. The molecule has 0 spiro atoms. The number of aliphatic carboxylic acids is 1. The molecule has 0 fully saturated rings. The zero-order valence-corrected chi connectivity index (χ0v) is 26.2. The molecule has 0 saturated heterocycles. The van der Waals surface area contributed by atoms with Crippen molar-refractivity contribution in [3.63, 3.8) is 0 Å². The van der Waals surface area contributed by atoms with Gasteiger partial charge in [-0.1, -0.05) is 67.4 Å². The Morgan fingerprint density at radius 1 is 0.951 bits per heavy atom. The fraction of sp³-hybridized carbons (Fsp3) is 0.424. The van der Waals surface area contributed by atoms with Crippen LogP contribution >= 0.6 is 27.5 Å². The summed E-state index contributed by atoms with van der Waals surface area (Å²) in [4.78, 5) is 41.8. The number of ketones is 2. The Balaban J connectivity index is 1.70. The van der Waals surface area contributed by atoms with Gasteiger partial charge in [-0.05, 0) is 59.6 Å². The van der Waals surface area contributed by atoms with E-state index >= 15 is 0 Å². The lowest BCUT2D eigenvalue weighted by atomic mass is 9.63. The largest absolute Gasteiger partial charge is 0.489 e. The highest BCUT2D eigenvalue weighted by atomic mass is 79.9. The second-order valence-electron chi connectivity index (χ2n) is 12.9. The van der Waals surface area contributed by atoms with E-state index in [4.69, 9.17) is 16.3 Å². The molecule has 1 N–H and O–H groups in total. The van der Waals surface area contributed by atoms with Gasteiger partial charge in [-0.2, -0.15) is 0 Å². The molecule has 0 amide bonds. The number of nitrogens with zero attached hydrogens (tertiary/aromatic N) is 1. The number of ether oxygens (including phenoxy) is 1. The Hall–Kier alpha value is -2.90. The highest BCUT2D eigenvalue weighted by molar-refractivity contribution is 9.10. The number of allylic oxidation sites excluding steroid dienone is 4. The normalized spacial score (nSPS) is 20.2. The molecule has 8 heteroatoms. The summed E-state index contributed by atoms with van der Waals surface area (Å²) < 4.78 is 7.18. The van der Waals surface area contributed by atoms with Crippen LogP contribution in [0.5, 0.6) is 5.75 Å². The molecule has 0 atom stereocenters. The Bertz CT molecular complexity index is 1430. The minimum atomic E-state index is -0.913. The van der Waals surface area contributed by atoms with Crippen molar-refractivity contribution in [3.8, 4) is 5.75 Å². The van der Waals surface area contributed by atoms with E-state index in [2.05, 4.69) is 43.6 Å². The summed E-state index contributed by atoms with van der Waals surface area (Å²) in [5.74, 6) is -0.917. The first-order valence-electron chi connectivity index (χ1n) is 13.9. The number of carboxylic acid groups (broad SMARTS) is 1. The van der Waals surface area contributed by atoms with Crippen molar-refractivity contribution in [2.75, 3.05) is 6.54 Å². The predicted molar refractivity (Wildman–Crippen MR) is 162 cm³/mol. The Morgan fingerprint density at radius 2 is 1.51 bits per heavy atom. The first-order chi connectivity index (χ1) is 19.2. The number of Topliss-reactive ketones (excluding diaryl/α,β-unsaturated/α-hetero) is 2. The molecule has 1 aliphatic heterocycles. The lowest BCUT2D eigenvalue weighted by Gasteiger charge is -2.49. The number of carbonyl (C=O) groups excluding carboxylic acids is 2. The van der Waals surface area contributed by atoms with Crippen LogP contribution in [0.1, 0.15) is 76.8 Å². The number of carbonyl (C=O) groups is 3. The highest BCUT2D eigenvalue weighted by Crippen LogP contribution is 2.55. The number of hydrogen-bond donors (Lipinski definition) is 1. The maximum atomic E-state index is 14.0. The molecule has 0 saturated carbocycles. The van der Waals surface area contributed by atoms with Crippen molar-refractivity contribution in [3.05, 3.63) is 85.6 Å². The van der Waals surface area contributed by atoms with Crippen LogP contribution in [0.25, 0.3) is 0 Å². The SMILES string of the molecule is CC1(C)CC(=O)C2=C(C1)N(CCC(=O)O)C1=C(C(=O)CC(C)(C)C1)C2c1cc(Br)ccc1OCc1ccc(Cl)cc1. The first-order valence-corrected chi connectivity index (χ1v) is 15.1. The third-order valence-electron chi connectivity index (χ3n) is 8.16. The molecular formula is C33H35BrClNO5. The minimum Gasteiger partial charge on any atom is -0.489 e. The third kappa shape index (κ3) is 6.17. The number of carboxylic acids is 1. The van der Waals surface area contributed by atoms with Gasteiger partial charge in [0, 0.05) is 62.9 Å². The van der Waals surface area contributed by atoms with E-state index in [1.165, 1.54) is 0 Å². The van der Waals surface area contributed by atoms with Crippen LogP contribution in [0.15, 0.2) is 69.5 Å². The predicted octanol–water partition coefficient (Wildman–Crippen LogP) is 7.84. The molecule has 1 heterocycles. The molecule has 6 nitrogen and oxygen atoms in total. The summed E-state index contributed by atoms with van der Waals surface area (Å²) in [6, 6.07) is 13.2. The Kier molecular flexibility index (Phi) is 7.99. The van der Waals surface area contributed by atoms with Gasteiger partial charge in [-0.25, -0.2) is 0 Å². The molecule has 3 aliphatic rings. The maximum absolute atomic E-state index is 14.0. The van der Waals surface area contributed by atoms with Gasteiger partial charge in [0.25, 0.3) is 0 Å². The summed E-state index contributed by atoms with van der Waals surface area (Å²) in [7, 11) is 0. The van der Waals surface area contributed by atoms with E-state index < -0.39 is 11.9 Å². The van der Waals surface area contributed by atoms with Crippen molar-refractivity contribution in [2.24, 2.45) is 10.8 Å². The number of rotatable bonds is 7. The lowest BCUT2D eigenvalue weighted by Crippen LogP contribution is -2.45. The monoisotopic (exact) mass is 639 g/mol. The zero-order chi connectivity index (χ0) is 29.7. The number of hydrogen-bond acceptors (Lipinski definition) is 5. The minimum absolute atomic E-state index is 0.00520. The van der Waals surface area contributed by atoms with Crippen LogP contribution in [-0.2, 0) is 21.0 Å². The summed E-state index contributed by atoms with van der Waals surface area (Å²) in [5.41, 5.74) is 3.98. The van der Waals surface area contributed by atoms with Gasteiger partial charge in [-0.15, -0.1) is 0 Å². The lowest BCUT2D eigenvalue weighted by molar-refractivity contribution is -0.137. The molecule has 2 aromatic rings. The zero-order valence-electron chi connectivity index (χ0n) is 23.9. The third-order valence-corrected chi connectivity index (χ3v) is 8.91. The van der Waals surface area contributed by atoms with E-state index in [1.807, 2.05) is 47.4 Å². The van der Waals surface area contributed by atoms with Crippen molar-refractivity contribution in [1.82, 2.24) is 4.90 Å². The van der Waals surface area contributed by atoms with Gasteiger partial charge < -0.3 is 14.7 Å². The van der Waals surface area contributed by atoms with Crippen LogP contribution in [0.2, 0.25) is 5.02 Å². The highest BCUT2D eigenvalue weighted by Gasteiger charge is 2.49. The molecule has 0 unspecified atom stereocenters. The first kappa shape index (κ1) is 29.6. The van der Waals surface area contributed by atoms with Crippen molar-refractivity contribution in [2.45, 2.75) is 72.3 Å². The molecule has 0 bridgehead atoms. The standard InChI is InChI=1S/C33H35BrClNO5/c1-32(2)14-23-30(25(37)16-32)29(31-24(36(23)12-11-28(39)40)15-33(3,4)17-26(31)38)22-13-20(34)7-10-27(22)41-18-19-5-8-21(35)9-6-19/h5-10,13,29H,11-12,14-18H2,1-4H3,(H,39,40). The smallest absolute Gasteiger partial charge is 0.305 e. The topological polar surface area (TPSA) is 83.9 Å². The second-order valence-corrected chi connectivity index (χ2v) is 14.3. The van der Waals surface area contributed by atoms with Crippen molar-refractivity contribution in [1.29, 1.82) is 0 Å². The number of benzene rings is 2. The van der Waals surface area contributed by atoms with Gasteiger partial charge in [0.1, 0.15) is 12.4 Å². The van der Waals surface area contributed by atoms with Crippen LogP contribution in [-0.4, -0.2) is 34.1 Å². The quantitative estimate of drug-likeness (QED) is 0.332. The summed E-state index contributed by atoms with van der Waals surface area (Å²) in [5, 5.41) is 10.2. The van der Waals surface area contributed by atoms with Gasteiger partial charge in [0.2, 0.25) is 0 Å². The van der Waals surface area contributed by atoms with E-state index in [1.54, 1.807) is 0 Å². The average molecular weight is 641 g/mol. The fourth-order valence-electron chi connectivity index (χ4n) is 6.45. The van der Waals surface area contributed by atoms with Gasteiger partial charge in [0.05, 0.1) is 6.42 Å². The van der Waals surface area contributed by atoms with E-state index in [-0.39, 0.29) is 35.4 Å². The molecule has 41 heavy (non-hydrogen) atoms. The molecule has 2 aromatic carbocycles. The van der Waals surface area contributed by atoms with Crippen LogP contribution in [0.4, 0.5) is 0 Å². The Labute approximate surface area is 254 Å². The molecule has 0 radical (unpaired) electrons. The molecule has 216 valence electrons. The number of halogens is 2. The fourth-order valence-corrected chi connectivity index (χ4v) is 6.96. The molecular weight excluding hydrogens is 606 g/mol. The summed E-state index contributed by atoms with van der Waals surface area (Å²) >= 11 is 9.68. The van der Waals surface area contributed by atoms with E-state index in [9.17, 15) is 19.5 Å². The van der Waals surface area contributed by atoms with E-state index in [0.717, 1.165) is 27.0 Å². The van der Waals surface area contributed by atoms with Gasteiger partial charge in [-0.3, -0.25) is 14.4 Å². The maximum Gasteiger partial charge on any atom is 0.305 e. The van der Waals surface area contributed by atoms with Crippen LogP contribution < -0.4 is 4.74 Å². The van der Waals surface area contributed by atoms with Crippen molar-refractivity contribution < 1.29 is 24.2 Å². The Morgan fingerprint density at radius 3 is 2.05 bits per heavy atom. The van der Waals surface area contributed by atoms with Gasteiger partial charge in [0.15, 0.2) is 11.6 Å². The van der Waals surface area contributed by atoms with E-state index in [0.29, 0.717) is 54.2 Å². The molecule has 0 aromatic heterocycles. The summed E-state index contributed by atoms with van der Waals surface area (Å²) in [6.07, 6.45) is 1.85. The van der Waals surface area contributed by atoms with Crippen LogP contribution in [0.3, 0.4) is 0 Å². The van der Waals surface area contributed by atoms with Gasteiger partial charge >= 0.3 is 5.97 Å². The molecule has 5 rings (SSSR count).